The SMILES string of the molecule is C/C=C\[C@H](C)[C@H]1O[C@@]1(C)[C@@H](O[Si](C)(C)C(C)(C)C)[C@H]1COC(=O)[C@H](O[Si](C)(C)C(C)(C)C)[C@@H](OC)[C@H](C)C(=O)[C@H](C)[C@@H](O[Si](C)(C)C(C)(C)C)/C(C)=C/[C@H](C)C(=O)CC[C@@H](C)C1=O. The van der Waals surface area contributed by atoms with Crippen LogP contribution in [0.25, 0.3) is 0 Å². The van der Waals surface area contributed by atoms with Crippen molar-refractivity contribution in [3.05, 3.63) is 23.8 Å². The Hall–Kier alpha value is -1.59. The summed E-state index contributed by atoms with van der Waals surface area (Å²) in [5.74, 6) is -4.44. The van der Waals surface area contributed by atoms with Gasteiger partial charge in [0.2, 0.25) is 0 Å². The molecule has 0 bridgehead atoms. The fourth-order valence-corrected chi connectivity index (χ4v) is 12.0. The zero-order valence-electron chi connectivity index (χ0n) is 44.3. The molecule has 0 unspecified atom stereocenters. The fourth-order valence-electron chi connectivity index (χ4n) is 7.99. The number of rotatable bonds is 11. The summed E-state index contributed by atoms with van der Waals surface area (Å²) in [6.07, 6.45) is 2.57. The zero-order chi connectivity index (χ0) is 49.2. The van der Waals surface area contributed by atoms with Gasteiger partial charge in [0.15, 0.2) is 31.1 Å². The molecule has 10 nitrogen and oxygen atoms in total. The second-order valence-corrected chi connectivity index (χ2v) is 38.2. The first-order chi connectivity index (χ1) is 28.3. The normalized spacial score (nSPS) is 33.0. The number of carbonyl (C=O) groups is 4. The van der Waals surface area contributed by atoms with Crippen LogP contribution >= 0.6 is 0 Å². The topological polar surface area (TPSA) is 127 Å². The number of hydrogen-bond donors (Lipinski definition) is 0. The molecular formula is C50H92O10Si3. The highest BCUT2D eigenvalue weighted by Crippen LogP contribution is 2.51. The average Bonchev–Trinajstić information content (AvgIpc) is 3.84. The highest BCUT2D eigenvalue weighted by atomic mass is 28.4. The van der Waals surface area contributed by atoms with Crippen molar-refractivity contribution in [2.24, 2.45) is 35.5 Å². The lowest BCUT2D eigenvalue weighted by molar-refractivity contribution is -0.167. The van der Waals surface area contributed by atoms with E-state index in [-0.39, 0.29) is 57.5 Å². The van der Waals surface area contributed by atoms with E-state index in [4.69, 9.17) is 27.5 Å². The molecule has 2 aliphatic heterocycles. The first kappa shape index (κ1) is 57.5. The molecule has 0 amide bonds. The number of hydrogen-bond acceptors (Lipinski definition) is 10. The van der Waals surface area contributed by atoms with Crippen LogP contribution in [0.15, 0.2) is 23.8 Å². The number of esters is 1. The second kappa shape index (κ2) is 21.1. The van der Waals surface area contributed by atoms with Crippen molar-refractivity contribution in [1.82, 2.24) is 0 Å². The number of Topliss-reactive ketones (excluding diaryl/α,β-unsaturated/α-hetero) is 3. The predicted octanol–water partition coefficient (Wildman–Crippen LogP) is 11.7. The van der Waals surface area contributed by atoms with Gasteiger partial charge >= 0.3 is 5.97 Å². The maximum atomic E-state index is 15.1. The second-order valence-electron chi connectivity index (χ2n) is 23.9. The van der Waals surface area contributed by atoms with Crippen LogP contribution in [-0.2, 0) is 46.7 Å². The third-order valence-corrected chi connectivity index (χ3v) is 29.0. The van der Waals surface area contributed by atoms with Gasteiger partial charge in [0.1, 0.15) is 35.7 Å². The van der Waals surface area contributed by atoms with Gasteiger partial charge in [0.25, 0.3) is 0 Å². The van der Waals surface area contributed by atoms with Crippen molar-refractivity contribution in [1.29, 1.82) is 0 Å². The van der Waals surface area contributed by atoms with Gasteiger partial charge in [-0.2, -0.15) is 0 Å². The summed E-state index contributed by atoms with van der Waals surface area (Å²) in [6, 6.07) is 0. The summed E-state index contributed by atoms with van der Waals surface area (Å²) in [6.45, 7) is 47.0. The zero-order valence-corrected chi connectivity index (χ0v) is 47.3. The Balaban J connectivity index is 2.97. The highest BCUT2D eigenvalue weighted by molar-refractivity contribution is 6.75. The van der Waals surface area contributed by atoms with Crippen LogP contribution in [0.3, 0.4) is 0 Å². The van der Waals surface area contributed by atoms with Crippen molar-refractivity contribution in [3.63, 3.8) is 0 Å². The van der Waals surface area contributed by atoms with Gasteiger partial charge in [-0.3, -0.25) is 14.4 Å². The van der Waals surface area contributed by atoms with Crippen molar-refractivity contribution >= 4 is 48.3 Å². The van der Waals surface area contributed by atoms with Gasteiger partial charge in [-0.25, -0.2) is 4.79 Å². The lowest BCUT2D eigenvalue weighted by Crippen LogP contribution is -2.56. The van der Waals surface area contributed by atoms with Gasteiger partial charge in [-0.1, -0.05) is 115 Å². The Morgan fingerprint density at radius 2 is 1.27 bits per heavy atom. The van der Waals surface area contributed by atoms with E-state index < -0.39 is 90.5 Å². The molecule has 0 aliphatic carbocycles. The summed E-state index contributed by atoms with van der Waals surface area (Å²) < 4.78 is 40.4. The number of allylic oxidation sites excluding steroid dienone is 2. The van der Waals surface area contributed by atoms with E-state index >= 15 is 4.79 Å². The minimum absolute atomic E-state index is 0.00612. The number of epoxide rings is 1. The molecule has 63 heavy (non-hydrogen) atoms. The lowest BCUT2D eigenvalue weighted by Gasteiger charge is -2.43. The fraction of sp³-hybridized carbons (Fsp3) is 0.840. The van der Waals surface area contributed by atoms with Crippen LogP contribution in [0.4, 0.5) is 0 Å². The Morgan fingerprint density at radius 3 is 1.73 bits per heavy atom. The Labute approximate surface area is 387 Å². The summed E-state index contributed by atoms with van der Waals surface area (Å²) >= 11 is 0. The van der Waals surface area contributed by atoms with E-state index in [1.54, 1.807) is 6.92 Å². The van der Waals surface area contributed by atoms with Crippen LogP contribution < -0.4 is 0 Å². The molecule has 0 saturated carbocycles. The Kier molecular flexibility index (Phi) is 19.3. The molecule has 0 spiro atoms. The molecule has 0 aromatic carbocycles. The maximum Gasteiger partial charge on any atom is 0.336 e. The molecule has 13 heteroatoms. The molecule has 1 saturated heterocycles. The number of carbonyl (C=O) groups excluding carboxylic acids is 4. The van der Waals surface area contributed by atoms with Crippen molar-refractivity contribution < 1.29 is 46.7 Å². The van der Waals surface area contributed by atoms with E-state index in [1.807, 2.05) is 53.7 Å². The predicted molar refractivity (Wildman–Crippen MR) is 263 cm³/mol. The summed E-state index contributed by atoms with van der Waals surface area (Å²) in [4.78, 5) is 59.0. The lowest BCUT2D eigenvalue weighted by atomic mass is 9.79. The number of ether oxygens (including phenoxy) is 3. The molecule has 0 aromatic rings. The molecule has 0 N–H and O–H groups in total. The van der Waals surface area contributed by atoms with Crippen molar-refractivity contribution in [2.75, 3.05) is 13.7 Å². The maximum absolute atomic E-state index is 15.1. The molecule has 2 aliphatic rings. The van der Waals surface area contributed by atoms with Gasteiger partial charge in [0, 0.05) is 43.1 Å². The third kappa shape index (κ3) is 13.8. The van der Waals surface area contributed by atoms with E-state index in [2.05, 4.69) is 115 Å². The standard InChI is InChI=1S/C50H92O10Si3/c1-25-26-32(3)44-50(17,57-44)45(60-63(23,24)49(14,15)16)37-30-56-46(54)43(59-62(21,22)48(11,12)13)42(55-18)36(7)40(53)35(6)41(58-61(19,20)47(8,9)10)34(5)29-33(4)38(51)28-27-31(2)39(37)52/h25-26,29,31-33,35-37,41-45H,27-28,30H2,1-24H3/b26-25-,34-29+/t31-,32+,33+,35+,36-,37+,41+,42+,43-,44-,45+,50-/m1/s1. The van der Waals surface area contributed by atoms with Gasteiger partial charge in [0.05, 0.1) is 24.2 Å². The van der Waals surface area contributed by atoms with E-state index in [1.165, 1.54) is 7.11 Å². The molecule has 0 aromatic heterocycles. The number of methoxy groups -OCH3 is 1. The number of ketones is 3. The Morgan fingerprint density at radius 1 is 0.778 bits per heavy atom. The molecule has 2 rings (SSSR count). The van der Waals surface area contributed by atoms with Gasteiger partial charge in [-0.05, 0) is 87.2 Å². The quantitative estimate of drug-likeness (QED) is 0.0855. The van der Waals surface area contributed by atoms with E-state index in [0.29, 0.717) is 6.42 Å². The third-order valence-electron chi connectivity index (χ3n) is 15.7. The Bertz CT molecular complexity index is 1660. The largest absolute Gasteiger partial charge is 0.463 e. The average molecular weight is 938 g/mol. The smallest absolute Gasteiger partial charge is 0.336 e. The van der Waals surface area contributed by atoms with Crippen molar-refractivity contribution in [2.45, 2.75) is 221 Å². The molecule has 364 valence electrons. The number of cyclic esters (lactones) is 1. The summed E-state index contributed by atoms with van der Waals surface area (Å²) in [7, 11) is -6.25. The summed E-state index contributed by atoms with van der Waals surface area (Å²) in [5.41, 5.74) is -0.0667. The van der Waals surface area contributed by atoms with Gasteiger partial charge in [-0.15, -0.1) is 0 Å². The summed E-state index contributed by atoms with van der Waals surface area (Å²) in [5, 5.41) is -0.665. The molecule has 12 atom stereocenters. The molecule has 0 radical (unpaired) electrons. The van der Waals surface area contributed by atoms with Crippen LogP contribution in [0.1, 0.15) is 131 Å². The van der Waals surface area contributed by atoms with Crippen LogP contribution in [-0.4, -0.2) is 98.1 Å². The molecule has 2 heterocycles. The van der Waals surface area contributed by atoms with Gasteiger partial charge < -0.3 is 27.5 Å². The minimum Gasteiger partial charge on any atom is -0.463 e. The highest BCUT2D eigenvalue weighted by Gasteiger charge is 2.64. The van der Waals surface area contributed by atoms with Crippen LogP contribution in [0.5, 0.6) is 0 Å². The van der Waals surface area contributed by atoms with E-state index in [0.717, 1.165) is 5.57 Å². The molecular weight excluding hydrogens is 845 g/mol. The van der Waals surface area contributed by atoms with Crippen LogP contribution in [0.2, 0.25) is 54.4 Å². The van der Waals surface area contributed by atoms with Crippen molar-refractivity contribution in [3.8, 4) is 0 Å². The van der Waals surface area contributed by atoms with E-state index in [9.17, 15) is 14.4 Å². The first-order valence-corrected chi connectivity index (χ1v) is 32.4. The molecule has 1 fully saturated rings. The monoisotopic (exact) mass is 937 g/mol. The van der Waals surface area contributed by atoms with Crippen LogP contribution in [0, 0.1) is 35.5 Å². The first-order valence-electron chi connectivity index (χ1n) is 23.7. The minimum atomic E-state index is -2.72.